The molecule has 0 aliphatic rings. The number of pyridine rings is 1. The molecule has 1 amide bonds. The van der Waals surface area contributed by atoms with E-state index in [1.807, 2.05) is 0 Å². The Hall–Kier alpha value is -2.83. The van der Waals surface area contributed by atoms with Gasteiger partial charge in [0, 0.05) is 24.5 Å². The number of benzene rings is 1. The molecule has 2 rings (SSSR count). The normalized spacial score (nSPS) is 11.7. The predicted octanol–water partition coefficient (Wildman–Crippen LogP) is 2.62. The number of aromatic nitrogens is 1. The number of non-ortho nitro benzene ring substituents is 1. The van der Waals surface area contributed by atoms with Crippen LogP contribution in [0.15, 0.2) is 42.7 Å². The van der Waals surface area contributed by atoms with Gasteiger partial charge in [0.05, 0.1) is 16.5 Å². The molecule has 0 bridgehead atoms. The number of amides is 1. The van der Waals surface area contributed by atoms with E-state index in [4.69, 9.17) is 0 Å². The summed E-state index contributed by atoms with van der Waals surface area (Å²) in [7, 11) is 0. The third-order valence-electron chi connectivity index (χ3n) is 2.96. The summed E-state index contributed by atoms with van der Waals surface area (Å²) < 4.78 is 13.6. The summed E-state index contributed by atoms with van der Waals surface area (Å²) in [6.45, 7) is 1.72. The summed E-state index contributed by atoms with van der Waals surface area (Å²) in [5, 5.41) is 13.3. The average Bonchev–Trinajstić information content (AvgIpc) is 2.48. The molecular formula is C14H12FN3O3. The van der Waals surface area contributed by atoms with Crippen molar-refractivity contribution in [2.45, 2.75) is 13.0 Å². The number of hydrogen-bond donors (Lipinski definition) is 1. The lowest BCUT2D eigenvalue weighted by Crippen LogP contribution is -2.27. The Morgan fingerprint density at radius 1 is 1.33 bits per heavy atom. The second kappa shape index (κ2) is 6.08. The maximum atomic E-state index is 13.6. The van der Waals surface area contributed by atoms with Crippen LogP contribution in [-0.4, -0.2) is 15.8 Å². The smallest absolute Gasteiger partial charge is 0.270 e. The number of nitrogens with zero attached hydrogens (tertiary/aromatic N) is 2. The second-order valence-corrected chi connectivity index (χ2v) is 4.40. The molecule has 2 aromatic rings. The van der Waals surface area contributed by atoms with Gasteiger partial charge in [-0.05, 0) is 30.7 Å². The molecule has 21 heavy (non-hydrogen) atoms. The number of rotatable bonds is 4. The van der Waals surface area contributed by atoms with E-state index in [-0.39, 0.29) is 17.3 Å². The van der Waals surface area contributed by atoms with E-state index in [2.05, 4.69) is 10.3 Å². The number of nitrogens with one attached hydrogen (secondary N) is 1. The SMILES string of the molecule is CC(NC(=O)c1cc([N+](=O)[O-])ccc1F)c1ccncc1. The molecule has 1 aromatic heterocycles. The maximum absolute atomic E-state index is 13.6. The van der Waals surface area contributed by atoms with Crippen molar-refractivity contribution in [3.8, 4) is 0 Å². The highest BCUT2D eigenvalue weighted by atomic mass is 19.1. The molecular weight excluding hydrogens is 277 g/mol. The lowest BCUT2D eigenvalue weighted by molar-refractivity contribution is -0.384. The molecule has 108 valence electrons. The molecule has 6 nitrogen and oxygen atoms in total. The van der Waals surface area contributed by atoms with E-state index in [0.29, 0.717) is 0 Å². The van der Waals surface area contributed by atoms with Gasteiger partial charge in [-0.1, -0.05) is 0 Å². The highest BCUT2D eigenvalue weighted by Crippen LogP contribution is 2.18. The Balaban J connectivity index is 2.21. The van der Waals surface area contributed by atoms with Gasteiger partial charge in [0.25, 0.3) is 11.6 Å². The third-order valence-corrected chi connectivity index (χ3v) is 2.96. The van der Waals surface area contributed by atoms with Crippen LogP contribution in [0.5, 0.6) is 0 Å². The number of halogens is 1. The van der Waals surface area contributed by atoms with Gasteiger partial charge in [-0.2, -0.15) is 0 Å². The molecule has 1 atom stereocenters. The Kier molecular flexibility index (Phi) is 4.22. The third kappa shape index (κ3) is 3.38. The number of hydrogen-bond acceptors (Lipinski definition) is 4. The summed E-state index contributed by atoms with van der Waals surface area (Å²) in [6, 6.07) is 5.90. The van der Waals surface area contributed by atoms with Crippen molar-refractivity contribution >= 4 is 11.6 Å². The van der Waals surface area contributed by atoms with Crippen LogP contribution in [0.2, 0.25) is 0 Å². The molecule has 0 aliphatic heterocycles. The van der Waals surface area contributed by atoms with Gasteiger partial charge >= 0.3 is 0 Å². The molecule has 0 fully saturated rings. The fourth-order valence-corrected chi connectivity index (χ4v) is 1.81. The van der Waals surface area contributed by atoms with Crippen molar-refractivity contribution in [1.29, 1.82) is 0 Å². The van der Waals surface area contributed by atoms with Crippen LogP contribution in [0.3, 0.4) is 0 Å². The van der Waals surface area contributed by atoms with Gasteiger partial charge in [0.1, 0.15) is 5.82 Å². The fourth-order valence-electron chi connectivity index (χ4n) is 1.81. The van der Waals surface area contributed by atoms with E-state index in [1.165, 1.54) is 0 Å². The molecule has 0 saturated carbocycles. The van der Waals surface area contributed by atoms with Crippen molar-refractivity contribution in [2.75, 3.05) is 0 Å². The minimum Gasteiger partial charge on any atom is -0.345 e. The molecule has 0 radical (unpaired) electrons. The monoisotopic (exact) mass is 289 g/mol. The van der Waals surface area contributed by atoms with Crippen molar-refractivity contribution in [1.82, 2.24) is 10.3 Å². The van der Waals surface area contributed by atoms with Crippen LogP contribution in [0.1, 0.15) is 28.9 Å². The van der Waals surface area contributed by atoms with Crippen LogP contribution in [0, 0.1) is 15.9 Å². The van der Waals surface area contributed by atoms with E-state index in [0.717, 1.165) is 23.8 Å². The zero-order valence-corrected chi connectivity index (χ0v) is 11.1. The first-order valence-corrected chi connectivity index (χ1v) is 6.14. The van der Waals surface area contributed by atoms with Gasteiger partial charge in [-0.15, -0.1) is 0 Å². The molecule has 0 aliphatic carbocycles. The van der Waals surface area contributed by atoms with Crippen molar-refractivity contribution < 1.29 is 14.1 Å². The van der Waals surface area contributed by atoms with E-state index < -0.39 is 16.6 Å². The molecule has 0 spiro atoms. The van der Waals surface area contributed by atoms with E-state index in [1.54, 1.807) is 31.5 Å². The molecule has 1 heterocycles. The Morgan fingerprint density at radius 3 is 2.62 bits per heavy atom. The molecule has 7 heteroatoms. The quantitative estimate of drug-likeness (QED) is 0.692. The molecule has 1 unspecified atom stereocenters. The van der Waals surface area contributed by atoms with Gasteiger partial charge in [0.15, 0.2) is 0 Å². The lowest BCUT2D eigenvalue weighted by atomic mass is 10.1. The Labute approximate surface area is 119 Å². The van der Waals surface area contributed by atoms with Crippen LogP contribution < -0.4 is 5.32 Å². The largest absolute Gasteiger partial charge is 0.345 e. The van der Waals surface area contributed by atoms with Crippen molar-refractivity contribution in [3.05, 3.63) is 69.8 Å². The first kappa shape index (κ1) is 14.6. The van der Waals surface area contributed by atoms with Gasteiger partial charge in [-0.3, -0.25) is 19.9 Å². The zero-order chi connectivity index (χ0) is 15.4. The minimum atomic E-state index is -0.806. The van der Waals surface area contributed by atoms with E-state index >= 15 is 0 Å². The van der Waals surface area contributed by atoms with Crippen LogP contribution in [-0.2, 0) is 0 Å². The average molecular weight is 289 g/mol. The first-order chi connectivity index (χ1) is 9.99. The van der Waals surface area contributed by atoms with Crippen molar-refractivity contribution in [3.63, 3.8) is 0 Å². The predicted molar refractivity (Wildman–Crippen MR) is 73.2 cm³/mol. The number of nitro groups is 1. The van der Waals surface area contributed by atoms with Crippen LogP contribution >= 0.6 is 0 Å². The molecule has 0 saturated heterocycles. The fraction of sp³-hybridized carbons (Fsp3) is 0.143. The minimum absolute atomic E-state index is 0.335. The van der Waals surface area contributed by atoms with E-state index in [9.17, 15) is 19.3 Å². The molecule has 1 N–H and O–H groups in total. The second-order valence-electron chi connectivity index (χ2n) is 4.40. The summed E-state index contributed by atoms with van der Waals surface area (Å²) in [4.78, 5) is 25.9. The maximum Gasteiger partial charge on any atom is 0.270 e. The van der Waals surface area contributed by atoms with Crippen LogP contribution in [0.25, 0.3) is 0 Å². The summed E-state index contributed by atoms with van der Waals surface area (Å²) >= 11 is 0. The number of nitro benzene ring substituents is 1. The van der Waals surface area contributed by atoms with Gasteiger partial charge in [0.2, 0.25) is 0 Å². The highest BCUT2D eigenvalue weighted by Gasteiger charge is 2.18. The Morgan fingerprint density at radius 2 is 2.00 bits per heavy atom. The number of carbonyl (C=O) groups is 1. The molecule has 1 aromatic carbocycles. The van der Waals surface area contributed by atoms with Gasteiger partial charge in [-0.25, -0.2) is 4.39 Å². The Bertz CT molecular complexity index is 676. The zero-order valence-electron chi connectivity index (χ0n) is 11.1. The summed E-state index contributed by atoms with van der Waals surface area (Å²) in [5.74, 6) is -1.51. The summed E-state index contributed by atoms with van der Waals surface area (Å²) in [5.41, 5.74) is 0.104. The topological polar surface area (TPSA) is 85.1 Å². The first-order valence-electron chi connectivity index (χ1n) is 6.14. The van der Waals surface area contributed by atoms with Gasteiger partial charge < -0.3 is 5.32 Å². The van der Waals surface area contributed by atoms with Crippen molar-refractivity contribution in [2.24, 2.45) is 0 Å². The standard InChI is InChI=1S/C14H12FN3O3/c1-9(10-4-6-16-7-5-10)17-14(19)12-8-11(18(20)21)2-3-13(12)15/h2-9H,1H3,(H,17,19). The van der Waals surface area contributed by atoms with Crippen LogP contribution in [0.4, 0.5) is 10.1 Å². The number of carbonyl (C=O) groups excluding carboxylic acids is 1. The lowest BCUT2D eigenvalue weighted by Gasteiger charge is -2.14. The summed E-state index contributed by atoms with van der Waals surface area (Å²) in [6.07, 6.45) is 3.15. The highest BCUT2D eigenvalue weighted by molar-refractivity contribution is 5.95.